The smallest absolute Gasteiger partial charge is 0.387 e. The van der Waals surface area contributed by atoms with E-state index in [0.29, 0.717) is 21.9 Å². The molecule has 0 saturated carbocycles. The Balaban J connectivity index is 2.14. The third-order valence-corrected chi connectivity index (χ3v) is 3.18. The maximum Gasteiger partial charge on any atom is 0.387 e. The van der Waals surface area contributed by atoms with E-state index in [2.05, 4.69) is 15.3 Å². The van der Waals surface area contributed by atoms with E-state index >= 15 is 0 Å². The minimum absolute atomic E-state index is 0.00973. The van der Waals surface area contributed by atoms with Crippen molar-refractivity contribution in [3.8, 4) is 5.75 Å². The van der Waals surface area contributed by atoms with E-state index in [1.54, 1.807) is 49.4 Å². The summed E-state index contributed by atoms with van der Waals surface area (Å²) in [7, 11) is 0. The number of alkyl halides is 2. The number of halogens is 3. The van der Waals surface area contributed by atoms with Gasteiger partial charge in [-0.25, -0.2) is 5.43 Å². The molecule has 0 bridgehead atoms. The predicted octanol–water partition coefficient (Wildman–Crippen LogP) is 4.10. The van der Waals surface area contributed by atoms with E-state index in [1.165, 1.54) is 6.07 Å². The van der Waals surface area contributed by atoms with Crippen LogP contribution in [-0.4, -0.2) is 18.2 Å². The maximum atomic E-state index is 12.4. The molecule has 0 atom stereocenters. The van der Waals surface area contributed by atoms with Gasteiger partial charge in [0.2, 0.25) is 0 Å². The number of amides is 1. The quantitative estimate of drug-likeness (QED) is 0.659. The average Bonchev–Trinajstić information content (AvgIpc) is 2.53. The lowest BCUT2D eigenvalue weighted by Crippen LogP contribution is -2.19. The third kappa shape index (κ3) is 4.75. The Morgan fingerprint density at radius 3 is 2.48 bits per heavy atom. The van der Waals surface area contributed by atoms with Gasteiger partial charge in [-0.15, -0.1) is 0 Å². The Morgan fingerprint density at radius 1 is 1.17 bits per heavy atom. The van der Waals surface area contributed by atoms with Crippen LogP contribution < -0.4 is 10.2 Å². The molecule has 2 rings (SSSR count). The van der Waals surface area contributed by atoms with Gasteiger partial charge >= 0.3 is 6.61 Å². The van der Waals surface area contributed by atoms with Crippen molar-refractivity contribution in [1.82, 2.24) is 5.43 Å². The van der Waals surface area contributed by atoms with Crippen molar-refractivity contribution in [3.05, 3.63) is 64.7 Å². The molecule has 0 aliphatic rings. The molecule has 2 aromatic rings. The highest BCUT2D eigenvalue weighted by atomic mass is 35.5. The zero-order valence-corrected chi connectivity index (χ0v) is 12.8. The molecule has 0 aliphatic heterocycles. The molecule has 7 heteroatoms. The molecule has 0 spiro atoms. The zero-order valence-electron chi connectivity index (χ0n) is 12.1. The van der Waals surface area contributed by atoms with E-state index in [1.807, 2.05) is 0 Å². The van der Waals surface area contributed by atoms with E-state index in [4.69, 9.17) is 11.6 Å². The van der Waals surface area contributed by atoms with Crippen LogP contribution in [0.5, 0.6) is 5.75 Å². The van der Waals surface area contributed by atoms with Crippen molar-refractivity contribution in [2.24, 2.45) is 5.10 Å². The van der Waals surface area contributed by atoms with Gasteiger partial charge in [0.1, 0.15) is 5.75 Å². The zero-order chi connectivity index (χ0) is 16.8. The van der Waals surface area contributed by atoms with Gasteiger partial charge in [0.05, 0.1) is 5.71 Å². The van der Waals surface area contributed by atoms with Gasteiger partial charge in [0.25, 0.3) is 5.91 Å². The van der Waals surface area contributed by atoms with E-state index in [0.717, 1.165) is 0 Å². The van der Waals surface area contributed by atoms with Gasteiger partial charge in [-0.2, -0.15) is 13.9 Å². The molecule has 0 aliphatic carbocycles. The predicted molar refractivity (Wildman–Crippen MR) is 84.2 cm³/mol. The fourth-order valence-corrected chi connectivity index (χ4v) is 1.95. The number of carbonyl (C=O) groups excluding carboxylic acids is 1. The molecule has 120 valence electrons. The van der Waals surface area contributed by atoms with Gasteiger partial charge in [0.15, 0.2) is 0 Å². The first kappa shape index (κ1) is 16.9. The van der Waals surface area contributed by atoms with Gasteiger partial charge < -0.3 is 4.74 Å². The Bertz CT molecular complexity index is 718. The summed E-state index contributed by atoms with van der Waals surface area (Å²) in [6.45, 7) is -1.36. The highest BCUT2D eigenvalue weighted by Crippen LogP contribution is 2.21. The highest BCUT2D eigenvalue weighted by molar-refractivity contribution is 6.30. The summed E-state index contributed by atoms with van der Waals surface area (Å²) in [5, 5.41) is 4.43. The van der Waals surface area contributed by atoms with Crippen molar-refractivity contribution in [3.63, 3.8) is 0 Å². The first-order valence-electron chi connectivity index (χ1n) is 6.62. The minimum atomic E-state index is -2.94. The summed E-state index contributed by atoms with van der Waals surface area (Å²) in [5.74, 6) is -0.447. The summed E-state index contributed by atoms with van der Waals surface area (Å²) in [6.07, 6.45) is 0. The monoisotopic (exact) mass is 338 g/mol. The summed E-state index contributed by atoms with van der Waals surface area (Å²) in [5.41, 5.74) is 3.44. The fourth-order valence-electron chi connectivity index (χ4n) is 1.82. The second-order valence-corrected chi connectivity index (χ2v) is 4.96. The lowest BCUT2D eigenvalue weighted by Gasteiger charge is -2.10. The number of nitrogens with zero attached hydrogens (tertiary/aromatic N) is 1. The van der Waals surface area contributed by atoms with Gasteiger partial charge in [-0.1, -0.05) is 23.7 Å². The highest BCUT2D eigenvalue weighted by Gasteiger charge is 2.11. The van der Waals surface area contributed by atoms with Crippen LogP contribution in [0.25, 0.3) is 0 Å². The molecule has 23 heavy (non-hydrogen) atoms. The number of benzene rings is 2. The topological polar surface area (TPSA) is 50.7 Å². The molecule has 1 amide bonds. The van der Waals surface area contributed by atoms with Crippen molar-refractivity contribution in [1.29, 1.82) is 0 Å². The lowest BCUT2D eigenvalue weighted by atomic mass is 10.1. The second-order valence-electron chi connectivity index (χ2n) is 4.52. The maximum absolute atomic E-state index is 12.4. The number of para-hydroxylation sites is 1. The molecule has 4 nitrogen and oxygen atoms in total. The minimum Gasteiger partial charge on any atom is -0.434 e. The summed E-state index contributed by atoms with van der Waals surface area (Å²) >= 11 is 5.75. The number of nitrogens with one attached hydrogen (secondary N) is 1. The first-order valence-corrected chi connectivity index (χ1v) is 6.99. The summed E-state index contributed by atoms with van der Waals surface area (Å²) in [6, 6.07) is 12.5. The van der Waals surface area contributed by atoms with E-state index in [-0.39, 0.29) is 5.75 Å². The van der Waals surface area contributed by atoms with Gasteiger partial charge in [0, 0.05) is 16.1 Å². The Kier molecular flexibility index (Phi) is 5.65. The van der Waals surface area contributed by atoms with E-state index < -0.39 is 12.5 Å². The Labute approximate surface area is 136 Å². The van der Waals surface area contributed by atoms with Crippen molar-refractivity contribution in [2.45, 2.75) is 13.5 Å². The molecule has 1 N–H and O–H groups in total. The largest absolute Gasteiger partial charge is 0.434 e. The van der Waals surface area contributed by atoms with Crippen LogP contribution in [0.15, 0.2) is 53.6 Å². The molecule has 2 aromatic carbocycles. The molecular formula is C16H13ClF2N2O2. The van der Waals surface area contributed by atoms with Gasteiger partial charge in [-0.05, 0) is 43.3 Å². The van der Waals surface area contributed by atoms with Crippen LogP contribution in [0.3, 0.4) is 0 Å². The average molecular weight is 339 g/mol. The van der Waals surface area contributed by atoms with Crippen molar-refractivity contribution < 1.29 is 18.3 Å². The van der Waals surface area contributed by atoms with Crippen LogP contribution in [0.2, 0.25) is 5.02 Å². The molecule has 0 radical (unpaired) electrons. The number of hydrazone groups is 1. The van der Waals surface area contributed by atoms with Crippen LogP contribution >= 0.6 is 11.6 Å². The number of carbonyl (C=O) groups is 1. The SMILES string of the molecule is C/C(=N/NC(=O)c1ccc(Cl)cc1)c1ccccc1OC(F)F. The van der Waals surface area contributed by atoms with Gasteiger partial charge in [-0.3, -0.25) is 4.79 Å². The second kappa shape index (κ2) is 7.69. The molecule has 0 saturated heterocycles. The molecule has 0 heterocycles. The Morgan fingerprint density at radius 2 is 1.83 bits per heavy atom. The van der Waals surface area contributed by atoms with Crippen molar-refractivity contribution >= 4 is 23.2 Å². The van der Waals surface area contributed by atoms with Crippen LogP contribution in [-0.2, 0) is 0 Å². The molecule has 0 aromatic heterocycles. The standard InChI is InChI=1S/C16H13ClF2N2O2/c1-10(13-4-2-3-5-14(13)23-16(18)19)20-21-15(22)11-6-8-12(17)9-7-11/h2-9,16H,1H3,(H,21,22)/b20-10-. The Hall–Kier alpha value is -2.47. The summed E-state index contributed by atoms with van der Waals surface area (Å²) < 4.78 is 29.2. The number of hydrogen-bond donors (Lipinski definition) is 1. The fraction of sp³-hybridized carbons (Fsp3) is 0.125. The van der Waals surface area contributed by atoms with Crippen LogP contribution in [0.1, 0.15) is 22.8 Å². The molecule has 0 unspecified atom stereocenters. The number of rotatable bonds is 5. The normalized spacial score (nSPS) is 11.4. The van der Waals surface area contributed by atoms with E-state index in [9.17, 15) is 13.6 Å². The van der Waals surface area contributed by atoms with Crippen LogP contribution in [0.4, 0.5) is 8.78 Å². The lowest BCUT2D eigenvalue weighted by molar-refractivity contribution is -0.0499. The number of ether oxygens (including phenoxy) is 1. The van der Waals surface area contributed by atoms with Crippen molar-refractivity contribution in [2.75, 3.05) is 0 Å². The molecule has 0 fully saturated rings. The first-order chi connectivity index (χ1) is 11.0. The third-order valence-electron chi connectivity index (χ3n) is 2.92. The number of hydrogen-bond acceptors (Lipinski definition) is 3. The van der Waals surface area contributed by atoms with Crippen LogP contribution in [0, 0.1) is 0 Å². The molecular weight excluding hydrogens is 326 g/mol. The summed E-state index contributed by atoms with van der Waals surface area (Å²) in [4.78, 5) is 11.9.